The molecule has 4 nitrogen and oxygen atoms in total. The van der Waals surface area contributed by atoms with Crippen LogP contribution in [0.15, 0.2) is 47.5 Å². The van der Waals surface area contributed by atoms with Crippen LogP contribution in [0.1, 0.15) is 23.1 Å². The maximum Gasteiger partial charge on any atom is 0.191 e. The Morgan fingerprint density at radius 1 is 1.21 bits per heavy atom. The third-order valence-corrected chi connectivity index (χ3v) is 5.60. The minimum atomic E-state index is 0.436. The highest BCUT2D eigenvalue weighted by Crippen LogP contribution is 2.20. The third-order valence-electron chi connectivity index (χ3n) is 4.37. The van der Waals surface area contributed by atoms with Crippen molar-refractivity contribution in [3.63, 3.8) is 0 Å². The summed E-state index contributed by atoms with van der Waals surface area (Å²) < 4.78 is 0. The number of para-hydroxylation sites is 1. The molecule has 24 heavy (non-hydrogen) atoms. The summed E-state index contributed by atoms with van der Waals surface area (Å²) in [7, 11) is 1.84. The van der Waals surface area contributed by atoms with E-state index in [1.165, 1.54) is 15.4 Å². The van der Waals surface area contributed by atoms with Crippen molar-refractivity contribution in [1.82, 2.24) is 10.6 Å². The Hall–Kier alpha value is -2.01. The average Bonchev–Trinajstić information content (AvgIpc) is 3.28. The first-order valence-corrected chi connectivity index (χ1v) is 9.45. The van der Waals surface area contributed by atoms with E-state index in [9.17, 15) is 0 Å². The van der Waals surface area contributed by atoms with Gasteiger partial charge in [-0.05, 0) is 37.1 Å². The Morgan fingerprint density at radius 3 is 2.71 bits per heavy atom. The first-order valence-electron chi connectivity index (χ1n) is 8.63. The molecule has 0 spiro atoms. The molecule has 3 rings (SSSR count). The number of benzene rings is 1. The molecule has 1 fully saturated rings. The van der Waals surface area contributed by atoms with Gasteiger partial charge in [0.2, 0.25) is 0 Å². The molecule has 5 heteroatoms. The fraction of sp³-hybridized carbons (Fsp3) is 0.421. The van der Waals surface area contributed by atoms with E-state index in [4.69, 9.17) is 0 Å². The van der Waals surface area contributed by atoms with Crippen molar-refractivity contribution in [1.29, 1.82) is 0 Å². The Bertz CT molecular complexity index is 665. The lowest BCUT2D eigenvalue weighted by Gasteiger charge is -2.20. The van der Waals surface area contributed by atoms with E-state index in [0.29, 0.717) is 6.04 Å². The Balaban J connectivity index is 1.49. The molecule has 0 amide bonds. The molecular formula is C19H26N4S. The molecule has 1 unspecified atom stereocenters. The quantitative estimate of drug-likeness (QED) is 0.647. The molecule has 1 saturated heterocycles. The molecular weight excluding hydrogens is 316 g/mol. The number of anilines is 1. The average molecular weight is 343 g/mol. The van der Waals surface area contributed by atoms with Crippen LogP contribution in [0.5, 0.6) is 0 Å². The molecule has 0 aliphatic carbocycles. The van der Waals surface area contributed by atoms with Crippen LogP contribution in [0.3, 0.4) is 0 Å². The summed E-state index contributed by atoms with van der Waals surface area (Å²) in [6, 6.07) is 15.5. The predicted molar refractivity (Wildman–Crippen MR) is 104 cm³/mol. The van der Waals surface area contributed by atoms with Gasteiger partial charge in [-0.25, -0.2) is 0 Å². The van der Waals surface area contributed by atoms with Crippen molar-refractivity contribution in [3.05, 3.63) is 52.2 Å². The molecule has 2 N–H and O–H groups in total. The molecule has 1 aliphatic heterocycles. The third kappa shape index (κ3) is 4.29. The monoisotopic (exact) mass is 342 g/mol. The lowest BCUT2D eigenvalue weighted by atomic mass is 10.3. The molecule has 2 heterocycles. The van der Waals surface area contributed by atoms with Gasteiger partial charge in [0.1, 0.15) is 0 Å². The first kappa shape index (κ1) is 16.8. The topological polar surface area (TPSA) is 39.7 Å². The van der Waals surface area contributed by atoms with Gasteiger partial charge in [-0.2, -0.15) is 0 Å². The number of hydrogen-bond acceptors (Lipinski definition) is 3. The van der Waals surface area contributed by atoms with Crippen LogP contribution in [0.25, 0.3) is 0 Å². The molecule has 1 atom stereocenters. The van der Waals surface area contributed by atoms with E-state index in [1.807, 2.05) is 18.4 Å². The van der Waals surface area contributed by atoms with Crippen LogP contribution in [0.4, 0.5) is 5.69 Å². The van der Waals surface area contributed by atoms with Crippen molar-refractivity contribution in [2.45, 2.75) is 32.4 Å². The maximum atomic E-state index is 4.37. The SMILES string of the molecule is CCc1ccc(CNC(=NC)NC2CCN(c3ccccc3)C2)s1. The molecule has 0 bridgehead atoms. The zero-order valence-corrected chi connectivity index (χ0v) is 15.3. The van der Waals surface area contributed by atoms with Crippen molar-refractivity contribution < 1.29 is 0 Å². The number of aliphatic imine (C=N–C) groups is 1. The lowest BCUT2D eigenvalue weighted by Crippen LogP contribution is -2.44. The van der Waals surface area contributed by atoms with Crippen molar-refractivity contribution in [2.24, 2.45) is 4.99 Å². The molecule has 0 radical (unpaired) electrons. The van der Waals surface area contributed by atoms with Gasteiger partial charge in [0.05, 0.1) is 6.54 Å². The number of hydrogen-bond donors (Lipinski definition) is 2. The molecule has 1 aromatic heterocycles. The number of nitrogens with one attached hydrogen (secondary N) is 2. The zero-order valence-electron chi connectivity index (χ0n) is 14.5. The summed E-state index contributed by atoms with van der Waals surface area (Å²) in [5.41, 5.74) is 1.30. The van der Waals surface area contributed by atoms with Crippen LogP contribution in [-0.2, 0) is 13.0 Å². The van der Waals surface area contributed by atoms with Crippen molar-refractivity contribution in [3.8, 4) is 0 Å². The van der Waals surface area contributed by atoms with Crippen LogP contribution >= 0.6 is 11.3 Å². The molecule has 0 saturated carbocycles. The predicted octanol–water partition coefficient (Wildman–Crippen LogP) is 3.25. The van der Waals surface area contributed by atoms with Gasteiger partial charge < -0.3 is 15.5 Å². The molecule has 1 aromatic carbocycles. The number of rotatable bonds is 5. The second-order valence-electron chi connectivity index (χ2n) is 6.06. The summed E-state index contributed by atoms with van der Waals surface area (Å²) >= 11 is 1.87. The van der Waals surface area contributed by atoms with Gasteiger partial charge in [-0.3, -0.25) is 4.99 Å². The standard InChI is InChI=1S/C19H26N4S/c1-3-17-9-10-18(24-17)13-21-19(20-2)22-15-11-12-23(14-15)16-7-5-4-6-8-16/h4-10,15H,3,11-14H2,1-2H3,(H2,20,21,22). The van der Waals surface area contributed by atoms with E-state index in [1.54, 1.807) is 0 Å². The lowest BCUT2D eigenvalue weighted by molar-refractivity contribution is 0.649. The van der Waals surface area contributed by atoms with Gasteiger partial charge in [-0.1, -0.05) is 25.1 Å². The van der Waals surface area contributed by atoms with Gasteiger partial charge in [0.15, 0.2) is 5.96 Å². The van der Waals surface area contributed by atoms with E-state index < -0.39 is 0 Å². The van der Waals surface area contributed by atoms with Gasteiger partial charge in [0.25, 0.3) is 0 Å². The highest BCUT2D eigenvalue weighted by atomic mass is 32.1. The summed E-state index contributed by atoms with van der Waals surface area (Å²) in [4.78, 5) is 9.59. The van der Waals surface area contributed by atoms with Crippen LogP contribution < -0.4 is 15.5 Å². The minimum absolute atomic E-state index is 0.436. The maximum absolute atomic E-state index is 4.37. The fourth-order valence-corrected chi connectivity index (χ4v) is 3.92. The van der Waals surface area contributed by atoms with E-state index >= 15 is 0 Å². The Morgan fingerprint density at radius 2 is 2.00 bits per heavy atom. The smallest absolute Gasteiger partial charge is 0.191 e. The Labute approximate surface area is 148 Å². The summed E-state index contributed by atoms with van der Waals surface area (Å²) in [6.07, 6.45) is 2.24. The normalized spacial score (nSPS) is 18.0. The largest absolute Gasteiger partial charge is 0.369 e. The molecule has 2 aromatic rings. The van der Waals surface area contributed by atoms with E-state index in [2.05, 4.69) is 69.9 Å². The fourth-order valence-electron chi connectivity index (χ4n) is 3.02. The highest BCUT2D eigenvalue weighted by Gasteiger charge is 2.23. The van der Waals surface area contributed by atoms with Gasteiger partial charge in [0, 0.05) is 41.6 Å². The summed E-state index contributed by atoms with van der Waals surface area (Å²) in [6.45, 7) is 5.13. The van der Waals surface area contributed by atoms with Gasteiger partial charge >= 0.3 is 0 Å². The van der Waals surface area contributed by atoms with Gasteiger partial charge in [-0.15, -0.1) is 11.3 Å². The summed E-state index contributed by atoms with van der Waals surface area (Å²) in [5.74, 6) is 0.890. The van der Waals surface area contributed by atoms with E-state index in [0.717, 1.165) is 38.4 Å². The number of nitrogens with zero attached hydrogens (tertiary/aromatic N) is 2. The number of aryl methyl sites for hydroxylation is 1. The van der Waals surface area contributed by atoms with E-state index in [-0.39, 0.29) is 0 Å². The molecule has 1 aliphatic rings. The van der Waals surface area contributed by atoms with Crippen LogP contribution in [0, 0.1) is 0 Å². The highest BCUT2D eigenvalue weighted by molar-refractivity contribution is 7.11. The second-order valence-corrected chi connectivity index (χ2v) is 7.31. The zero-order chi connectivity index (χ0) is 16.8. The first-order chi connectivity index (χ1) is 11.8. The van der Waals surface area contributed by atoms with Crippen molar-refractivity contribution in [2.75, 3.05) is 25.0 Å². The van der Waals surface area contributed by atoms with Crippen LogP contribution in [-0.4, -0.2) is 32.1 Å². The van der Waals surface area contributed by atoms with Crippen LogP contribution in [0.2, 0.25) is 0 Å². The molecule has 128 valence electrons. The number of guanidine groups is 1. The number of thiophene rings is 1. The summed E-state index contributed by atoms with van der Waals surface area (Å²) in [5, 5.41) is 6.99. The van der Waals surface area contributed by atoms with Crippen molar-refractivity contribution >= 4 is 23.0 Å². The second kappa shape index (κ2) is 8.20. The minimum Gasteiger partial charge on any atom is -0.369 e. The Kier molecular flexibility index (Phi) is 5.75.